The molecule has 7 nitrogen and oxygen atoms in total. The third-order valence-corrected chi connectivity index (χ3v) is 5.42. The number of aromatic amines is 1. The number of H-pyrrole nitrogens is 1. The van der Waals surface area contributed by atoms with Crippen LogP contribution in [-0.4, -0.2) is 32.7 Å². The van der Waals surface area contributed by atoms with Crippen LogP contribution in [0.5, 0.6) is 0 Å². The molecule has 10 heteroatoms. The number of rotatable bonds is 6. The van der Waals surface area contributed by atoms with Crippen LogP contribution in [0.3, 0.4) is 0 Å². The molecule has 0 fully saturated rings. The number of hydrogen-bond donors (Lipinski definition) is 3. The highest BCUT2D eigenvalue weighted by Gasteiger charge is 2.10. The van der Waals surface area contributed by atoms with E-state index in [0.717, 1.165) is 5.82 Å². The van der Waals surface area contributed by atoms with Crippen molar-refractivity contribution in [1.29, 1.82) is 0 Å². The number of hydrogen-bond acceptors (Lipinski definition) is 7. The first-order chi connectivity index (χ1) is 11.7. The summed E-state index contributed by atoms with van der Waals surface area (Å²) >= 11 is 4.16. The fourth-order valence-electron chi connectivity index (χ4n) is 1.76. The summed E-state index contributed by atoms with van der Waals surface area (Å²) in [5.41, 5.74) is 4.73. The Morgan fingerprint density at radius 2 is 2.00 bits per heavy atom. The Kier molecular flexibility index (Phi) is 5.62. The molecule has 3 aromatic rings. The van der Waals surface area contributed by atoms with Crippen LogP contribution in [0.4, 0.5) is 0 Å². The predicted molar refractivity (Wildman–Crippen MR) is 94.2 cm³/mol. The monoisotopic (exact) mass is 379 g/mol. The van der Waals surface area contributed by atoms with Crippen LogP contribution in [-0.2, 0) is 11.2 Å². The second-order valence-corrected chi connectivity index (χ2v) is 7.51. The van der Waals surface area contributed by atoms with E-state index in [1.54, 1.807) is 28.8 Å². The van der Waals surface area contributed by atoms with E-state index in [-0.39, 0.29) is 17.6 Å². The SMILES string of the molecule is O=C(CSc1n[nH]c(Cc2cccs2)n1)NNC(=O)c1cccs1. The highest BCUT2D eigenvalue weighted by molar-refractivity contribution is 7.99. The van der Waals surface area contributed by atoms with Gasteiger partial charge in [-0.2, -0.15) is 0 Å². The van der Waals surface area contributed by atoms with Gasteiger partial charge in [0.25, 0.3) is 5.91 Å². The summed E-state index contributed by atoms with van der Waals surface area (Å²) in [7, 11) is 0. The predicted octanol–water partition coefficient (Wildman–Crippen LogP) is 2.07. The van der Waals surface area contributed by atoms with Crippen LogP contribution in [0.25, 0.3) is 0 Å². The standard InChI is InChI=1S/C14H13N5O2S3/c20-12(17-18-13(21)10-4-2-6-23-10)8-24-14-15-11(16-19-14)7-9-3-1-5-22-9/h1-6H,7-8H2,(H,17,20)(H,18,21)(H,15,16,19). The molecule has 0 saturated heterocycles. The van der Waals surface area contributed by atoms with Gasteiger partial charge in [-0.1, -0.05) is 23.9 Å². The first kappa shape index (κ1) is 16.7. The van der Waals surface area contributed by atoms with E-state index in [9.17, 15) is 9.59 Å². The summed E-state index contributed by atoms with van der Waals surface area (Å²) in [4.78, 5) is 29.5. The van der Waals surface area contributed by atoms with E-state index in [1.807, 2.05) is 17.5 Å². The smallest absolute Gasteiger partial charge is 0.272 e. The van der Waals surface area contributed by atoms with Gasteiger partial charge >= 0.3 is 0 Å². The average Bonchev–Trinajstić information content (AvgIpc) is 3.33. The van der Waals surface area contributed by atoms with Crippen LogP contribution in [0.1, 0.15) is 20.4 Å². The van der Waals surface area contributed by atoms with Gasteiger partial charge in [0, 0.05) is 11.3 Å². The number of thioether (sulfide) groups is 1. The third-order valence-electron chi connectivity index (χ3n) is 2.83. The molecule has 0 unspecified atom stereocenters. The number of nitrogens with zero attached hydrogens (tertiary/aromatic N) is 2. The minimum atomic E-state index is -0.334. The van der Waals surface area contributed by atoms with Crippen molar-refractivity contribution in [3.8, 4) is 0 Å². The van der Waals surface area contributed by atoms with Crippen molar-refractivity contribution in [3.05, 3.63) is 50.6 Å². The van der Waals surface area contributed by atoms with Crippen molar-refractivity contribution in [3.63, 3.8) is 0 Å². The van der Waals surface area contributed by atoms with Crippen molar-refractivity contribution in [2.75, 3.05) is 5.75 Å². The first-order valence-corrected chi connectivity index (χ1v) is 9.64. The molecule has 3 aromatic heterocycles. The Balaban J connectivity index is 1.41. The van der Waals surface area contributed by atoms with Gasteiger partial charge in [-0.3, -0.25) is 25.5 Å². The summed E-state index contributed by atoms with van der Waals surface area (Å²) in [6, 6.07) is 7.47. The number of aromatic nitrogens is 3. The second-order valence-electron chi connectivity index (χ2n) is 4.59. The number of carbonyl (C=O) groups is 2. The quantitative estimate of drug-likeness (QED) is 0.450. The van der Waals surface area contributed by atoms with Gasteiger partial charge in [-0.05, 0) is 22.9 Å². The molecule has 0 aliphatic rings. The molecule has 0 radical (unpaired) electrons. The molecule has 0 aliphatic carbocycles. The third kappa shape index (κ3) is 4.66. The number of hydrazine groups is 1. The maximum Gasteiger partial charge on any atom is 0.279 e. The molecule has 2 amide bonds. The molecule has 0 aliphatic heterocycles. The van der Waals surface area contributed by atoms with E-state index >= 15 is 0 Å². The van der Waals surface area contributed by atoms with E-state index in [0.29, 0.717) is 16.5 Å². The van der Waals surface area contributed by atoms with Crippen LogP contribution < -0.4 is 10.9 Å². The average molecular weight is 379 g/mol. The molecular formula is C14H13N5O2S3. The molecule has 0 bridgehead atoms. The minimum Gasteiger partial charge on any atom is -0.272 e. The van der Waals surface area contributed by atoms with E-state index in [1.165, 1.54) is 28.0 Å². The van der Waals surface area contributed by atoms with Crippen LogP contribution in [0.2, 0.25) is 0 Å². The Labute approximate surface area is 149 Å². The Bertz CT molecular complexity index is 798. The van der Waals surface area contributed by atoms with Gasteiger partial charge in [0.2, 0.25) is 11.1 Å². The Morgan fingerprint density at radius 1 is 1.17 bits per heavy atom. The van der Waals surface area contributed by atoms with E-state index in [4.69, 9.17) is 0 Å². The van der Waals surface area contributed by atoms with E-state index in [2.05, 4.69) is 26.0 Å². The number of amides is 2. The summed E-state index contributed by atoms with van der Waals surface area (Å²) in [5.74, 6) is 0.210. The largest absolute Gasteiger partial charge is 0.279 e. The van der Waals surface area contributed by atoms with Gasteiger partial charge in [-0.25, -0.2) is 4.98 Å². The molecule has 0 saturated carbocycles. The van der Waals surface area contributed by atoms with Crippen molar-refractivity contribution in [1.82, 2.24) is 26.0 Å². The molecule has 3 rings (SSSR count). The minimum absolute atomic E-state index is 0.112. The summed E-state index contributed by atoms with van der Waals surface area (Å²) in [6.45, 7) is 0. The molecule has 0 aromatic carbocycles. The maximum atomic E-state index is 11.7. The normalized spacial score (nSPS) is 10.5. The Morgan fingerprint density at radius 3 is 2.75 bits per heavy atom. The summed E-state index contributed by atoms with van der Waals surface area (Å²) in [5, 5.41) is 11.2. The van der Waals surface area contributed by atoms with Gasteiger partial charge in [0.05, 0.1) is 10.6 Å². The molecule has 3 N–H and O–H groups in total. The highest BCUT2D eigenvalue weighted by atomic mass is 32.2. The molecule has 3 heterocycles. The highest BCUT2D eigenvalue weighted by Crippen LogP contribution is 2.16. The van der Waals surface area contributed by atoms with Crippen molar-refractivity contribution in [2.45, 2.75) is 11.6 Å². The molecule has 24 heavy (non-hydrogen) atoms. The van der Waals surface area contributed by atoms with Crippen molar-refractivity contribution < 1.29 is 9.59 Å². The maximum absolute atomic E-state index is 11.7. The zero-order valence-electron chi connectivity index (χ0n) is 12.3. The molecule has 0 atom stereocenters. The van der Waals surface area contributed by atoms with Crippen molar-refractivity contribution >= 4 is 46.2 Å². The molecule has 124 valence electrons. The summed E-state index contributed by atoms with van der Waals surface area (Å²) < 4.78 is 0. The fourth-order valence-corrected chi connectivity index (χ4v) is 3.71. The summed E-state index contributed by atoms with van der Waals surface area (Å²) in [6.07, 6.45) is 0.689. The van der Waals surface area contributed by atoms with Crippen LogP contribution >= 0.6 is 34.4 Å². The molecular weight excluding hydrogens is 366 g/mol. The lowest BCUT2D eigenvalue weighted by atomic mass is 10.3. The lowest BCUT2D eigenvalue weighted by molar-refractivity contribution is -0.119. The van der Waals surface area contributed by atoms with Gasteiger partial charge < -0.3 is 0 Å². The van der Waals surface area contributed by atoms with Crippen LogP contribution in [0, 0.1) is 0 Å². The number of carbonyl (C=O) groups excluding carboxylic acids is 2. The molecule has 0 spiro atoms. The lowest BCUT2D eigenvalue weighted by Crippen LogP contribution is -2.42. The van der Waals surface area contributed by atoms with E-state index < -0.39 is 0 Å². The number of thiophene rings is 2. The first-order valence-electron chi connectivity index (χ1n) is 6.90. The van der Waals surface area contributed by atoms with Gasteiger partial charge in [-0.15, -0.1) is 27.8 Å². The Hall–Kier alpha value is -2.17. The lowest BCUT2D eigenvalue weighted by Gasteiger charge is -2.04. The van der Waals surface area contributed by atoms with Gasteiger partial charge in [0.15, 0.2) is 0 Å². The number of nitrogens with one attached hydrogen (secondary N) is 3. The second kappa shape index (κ2) is 8.08. The zero-order valence-corrected chi connectivity index (χ0v) is 14.8. The fraction of sp³-hybridized carbons (Fsp3) is 0.143. The zero-order chi connectivity index (χ0) is 16.8. The van der Waals surface area contributed by atoms with Crippen LogP contribution in [0.15, 0.2) is 40.2 Å². The topological polar surface area (TPSA) is 99.8 Å². The van der Waals surface area contributed by atoms with Gasteiger partial charge in [0.1, 0.15) is 5.82 Å². The van der Waals surface area contributed by atoms with Crippen molar-refractivity contribution in [2.24, 2.45) is 0 Å².